The van der Waals surface area contributed by atoms with Crippen molar-refractivity contribution in [2.75, 3.05) is 13.1 Å². The minimum Gasteiger partial charge on any atom is -0.459 e. The monoisotopic (exact) mass is 222 g/mol. The molecule has 1 heterocycles. The van der Waals surface area contributed by atoms with E-state index in [1.807, 2.05) is 0 Å². The lowest BCUT2D eigenvalue weighted by Gasteiger charge is -2.27. The van der Waals surface area contributed by atoms with E-state index in [4.69, 9.17) is 10.2 Å². The summed E-state index contributed by atoms with van der Waals surface area (Å²) in [5.74, 6) is 0.217. The first kappa shape index (κ1) is 11.2. The number of rotatable bonds is 4. The van der Waals surface area contributed by atoms with Crippen LogP contribution in [0.1, 0.15) is 36.2 Å². The van der Waals surface area contributed by atoms with Crippen molar-refractivity contribution in [2.24, 2.45) is 11.1 Å². The van der Waals surface area contributed by atoms with Crippen LogP contribution in [0.2, 0.25) is 0 Å². The Morgan fingerprint density at radius 3 is 2.81 bits per heavy atom. The zero-order valence-corrected chi connectivity index (χ0v) is 9.37. The summed E-state index contributed by atoms with van der Waals surface area (Å²) in [5, 5.41) is 2.91. The molecular weight excluding hydrogens is 204 g/mol. The van der Waals surface area contributed by atoms with Crippen LogP contribution >= 0.6 is 0 Å². The van der Waals surface area contributed by atoms with Gasteiger partial charge in [-0.25, -0.2) is 0 Å². The molecule has 1 aliphatic carbocycles. The molecule has 0 radical (unpaired) electrons. The molecule has 0 bridgehead atoms. The molecule has 0 aromatic carbocycles. The molecule has 1 aliphatic rings. The predicted octanol–water partition coefficient (Wildman–Crippen LogP) is 1.53. The first-order valence-electron chi connectivity index (χ1n) is 5.78. The van der Waals surface area contributed by atoms with Gasteiger partial charge in [-0.1, -0.05) is 12.8 Å². The van der Waals surface area contributed by atoms with Crippen molar-refractivity contribution in [2.45, 2.75) is 25.7 Å². The highest BCUT2D eigenvalue weighted by Crippen LogP contribution is 2.36. The van der Waals surface area contributed by atoms with Crippen molar-refractivity contribution in [3.63, 3.8) is 0 Å². The van der Waals surface area contributed by atoms with Gasteiger partial charge >= 0.3 is 0 Å². The third-order valence-corrected chi connectivity index (χ3v) is 3.47. The van der Waals surface area contributed by atoms with E-state index in [9.17, 15) is 4.79 Å². The average Bonchev–Trinajstić information content (AvgIpc) is 2.98. The summed E-state index contributed by atoms with van der Waals surface area (Å²) < 4.78 is 5.03. The number of hydrogen-bond acceptors (Lipinski definition) is 3. The lowest BCUT2D eigenvalue weighted by Crippen LogP contribution is -2.40. The maximum atomic E-state index is 11.7. The topological polar surface area (TPSA) is 68.3 Å². The molecule has 0 atom stereocenters. The van der Waals surface area contributed by atoms with Gasteiger partial charge in [0.25, 0.3) is 5.91 Å². The summed E-state index contributed by atoms with van der Waals surface area (Å²) >= 11 is 0. The van der Waals surface area contributed by atoms with E-state index in [0.29, 0.717) is 18.8 Å². The number of nitrogens with one attached hydrogen (secondary N) is 1. The number of carbonyl (C=O) groups is 1. The molecule has 0 unspecified atom stereocenters. The lowest BCUT2D eigenvalue weighted by atomic mass is 9.86. The highest BCUT2D eigenvalue weighted by atomic mass is 16.3. The standard InChI is InChI=1S/C12H18N2O2/c13-8-12(5-1-2-6-12)9-14-11(15)10-4-3-7-16-10/h3-4,7H,1-2,5-6,8-9,13H2,(H,14,15). The number of hydrogen-bond donors (Lipinski definition) is 2. The fraction of sp³-hybridized carbons (Fsp3) is 0.583. The van der Waals surface area contributed by atoms with Crippen molar-refractivity contribution in [1.82, 2.24) is 5.32 Å². The van der Waals surface area contributed by atoms with Gasteiger partial charge in [0.1, 0.15) is 0 Å². The van der Waals surface area contributed by atoms with Gasteiger partial charge in [0.05, 0.1) is 6.26 Å². The third-order valence-electron chi connectivity index (χ3n) is 3.47. The fourth-order valence-corrected chi connectivity index (χ4v) is 2.34. The molecule has 0 aliphatic heterocycles. The van der Waals surface area contributed by atoms with E-state index in [-0.39, 0.29) is 11.3 Å². The van der Waals surface area contributed by atoms with E-state index in [1.165, 1.54) is 19.1 Å². The molecule has 16 heavy (non-hydrogen) atoms. The van der Waals surface area contributed by atoms with Gasteiger partial charge in [-0.15, -0.1) is 0 Å². The summed E-state index contributed by atoms with van der Waals surface area (Å²) in [5.41, 5.74) is 5.91. The molecule has 4 heteroatoms. The van der Waals surface area contributed by atoms with Crippen LogP contribution in [0.15, 0.2) is 22.8 Å². The SMILES string of the molecule is NCC1(CNC(=O)c2ccco2)CCCC1. The second-order valence-corrected chi connectivity index (χ2v) is 4.57. The van der Waals surface area contributed by atoms with E-state index in [0.717, 1.165) is 12.8 Å². The van der Waals surface area contributed by atoms with Gasteiger partial charge in [-0.3, -0.25) is 4.79 Å². The molecule has 88 valence electrons. The van der Waals surface area contributed by atoms with Crippen LogP contribution in [0, 0.1) is 5.41 Å². The minimum absolute atomic E-state index is 0.113. The summed E-state index contributed by atoms with van der Waals surface area (Å²) in [6.45, 7) is 1.30. The van der Waals surface area contributed by atoms with Gasteiger partial charge in [0.15, 0.2) is 5.76 Å². The van der Waals surface area contributed by atoms with E-state index in [1.54, 1.807) is 12.1 Å². The predicted molar refractivity (Wildman–Crippen MR) is 61.0 cm³/mol. The van der Waals surface area contributed by atoms with Crippen LogP contribution in [0.5, 0.6) is 0 Å². The molecule has 0 saturated heterocycles. The first-order valence-corrected chi connectivity index (χ1v) is 5.78. The minimum atomic E-state index is -0.148. The zero-order chi connectivity index (χ0) is 11.4. The van der Waals surface area contributed by atoms with Crippen molar-refractivity contribution >= 4 is 5.91 Å². The second-order valence-electron chi connectivity index (χ2n) is 4.57. The highest BCUT2D eigenvalue weighted by molar-refractivity contribution is 5.91. The van der Waals surface area contributed by atoms with Crippen LogP contribution in [-0.2, 0) is 0 Å². The molecule has 4 nitrogen and oxygen atoms in total. The lowest BCUT2D eigenvalue weighted by molar-refractivity contribution is 0.0904. The molecule has 1 saturated carbocycles. The number of nitrogens with two attached hydrogens (primary N) is 1. The van der Waals surface area contributed by atoms with Crippen LogP contribution in [0.4, 0.5) is 0 Å². The molecule has 1 aromatic rings. The van der Waals surface area contributed by atoms with Gasteiger partial charge < -0.3 is 15.5 Å². The maximum absolute atomic E-state index is 11.7. The van der Waals surface area contributed by atoms with E-state index >= 15 is 0 Å². The van der Waals surface area contributed by atoms with E-state index in [2.05, 4.69) is 5.32 Å². The Bertz CT molecular complexity index is 340. The summed E-state index contributed by atoms with van der Waals surface area (Å²) in [4.78, 5) is 11.7. The van der Waals surface area contributed by atoms with Gasteiger partial charge in [0.2, 0.25) is 0 Å². The summed E-state index contributed by atoms with van der Waals surface area (Å²) in [7, 11) is 0. The Hall–Kier alpha value is -1.29. The molecule has 2 rings (SSSR count). The van der Waals surface area contributed by atoms with Crippen molar-refractivity contribution in [1.29, 1.82) is 0 Å². The molecule has 1 aromatic heterocycles. The van der Waals surface area contributed by atoms with Crippen LogP contribution in [0.3, 0.4) is 0 Å². The summed E-state index contributed by atoms with van der Waals surface area (Å²) in [6.07, 6.45) is 6.16. The largest absolute Gasteiger partial charge is 0.459 e. The van der Waals surface area contributed by atoms with Crippen molar-refractivity contribution in [3.05, 3.63) is 24.2 Å². The van der Waals surface area contributed by atoms with Crippen LogP contribution in [-0.4, -0.2) is 19.0 Å². The fourth-order valence-electron chi connectivity index (χ4n) is 2.34. The molecule has 1 amide bonds. The Kier molecular flexibility index (Phi) is 3.29. The average molecular weight is 222 g/mol. The smallest absolute Gasteiger partial charge is 0.286 e. The Labute approximate surface area is 95.2 Å². The highest BCUT2D eigenvalue weighted by Gasteiger charge is 2.32. The van der Waals surface area contributed by atoms with Gasteiger partial charge in [-0.2, -0.15) is 0 Å². The zero-order valence-electron chi connectivity index (χ0n) is 9.37. The van der Waals surface area contributed by atoms with Crippen LogP contribution in [0.25, 0.3) is 0 Å². The molecule has 1 fully saturated rings. The summed E-state index contributed by atoms with van der Waals surface area (Å²) in [6, 6.07) is 3.38. The van der Waals surface area contributed by atoms with Gasteiger partial charge in [0, 0.05) is 6.54 Å². The first-order chi connectivity index (χ1) is 7.76. The van der Waals surface area contributed by atoms with Crippen LogP contribution < -0.4 is 11.1 Å². The van der Waals surface area contributed by atoms with Crippen molar-refractivity contribution < 1.29 is 9.21 Å². The number of furan rings is 1. The molecule has 3 N–H and O–H groups in total. The Balaban J connectivity index is 1.89. The number of carbonyl (C=O) groups excluding carboxylic acids is 1. The van der Waals surface area contributed by atoms with Gasteiger partial charge in [-0.05, 0) is 36.9 Å². The van der Waals surface area contributed by atoms with Crippen molar-refractivity contribution in [3.8, 4) is 0 Å². The number of amides is 1. The quantitative estimate of drug-likeness (QED) is 0.811. The maximum Gasteiger partial charge on any atom is 0.286 e. The van der Waals surface area contributed by atoms with E-state index < -0.39 is 0 Å². The molecule has 0 spiro atoms. The Morgan fingerprint density at radius 1 is 1.50 bits per heavy atom. The normalized spacial score (nSPS) is 18.6. The Morgan fingerprint density at radius 2 is 2.25 bits per heavy atom. The molecular formula is C12H18N2O2. The third kappa shape index (κ3) is 2.27. The second kappa shape index (κ2) is 4.70.